The number of esters is 1. The minimum absolute atomic E-state index is 0.0924. The van der Waals surface area contributed by atoms with E-state index in [9.17, 15) is 4.79 Å². The molecule has 0 spiro atoms. The first-order chi connectivity index (χ1) is 13.3. The van der Waals surface area contributed by atoms with Gasteiger partial charge in [0.05, 0.1) is 18.2 Å². The monoisotopic (exact) mass is 435 g/mol. The standard InChI is InChI=1S/C24H22BrNO2/c1-24(2,3)16-7-5-14(6-8-16)18-11-15(23(27)28-4)12-20-19-13-17(25)9-10-21(19)26-22(18)20/h5-13,26H,1-4H3. The number of aromatic amines is 1. The third kappa shape index (κ3) is 3.22. The van der Waals surface area contributed by atoms with Crippen molar-refractivity contribution in [3.63, 3.8) is 0 Å². The van der Waals surface area contributed by atoms with Gasteiger partial charge in [-0.05, 0) is 46.9 Å². The van der Waals surface area contributed by atoms with Crippen molar-refractivity contribution in [1.29, 1.82) is 0 Å². The number of H-pyrrole nitrogens is 1. The number of aromatic nitrogens is 1. The zero-order chi connectivity index (χ0) is 20.1. The zero-order valence-electron chi connectivity index (χ0n) is 16.4. The van der Waals surface area contributed by atoms with Gasteiger partial charge in [0.25, 0.3) is 0 Å². The van der Waals surface area contributed by atoms with Crippen LogP contribution in [-0.2, 0) is 10.2 Å². The third-order valence-corrected chi connectivity index (χ3v) is 5.65. The summed E-state index contributed by atoms with van der Waals surface area (Å²) in [5, 5.41) is 2.08. The van der Waals surface area contributed by atoms with Crippen LogP contribution in [0.2, 0.25) is 0 Å². The van der Waals surface area contributed by atoms with E-state index in [0.717, 1.165) is 37.4 Å². The largest absolute Gasteiger partial charge is 0.465 e. The Hall–Kier alpha value is -2.59. The molecule has 0 bridgehead atoms. The van der Waals surface area contributed by atoms with Gasteiger partial charge in [-0.1, -0.05) is 61.0 Å². The van der Waals surface area contributed by atoms with E-state index in [1.54, 1.807) is 0 Å². The molecule has 0 atom stereocenters. The van der Waals surface area contributed by atoms with E-state index in [-0.39, 0.29) is 11.4 Å². The maximum atomic E-state index is 12.3. The Morgan fingerprint density at radius 3 is 2.32 bits per heavy atom. The minimum atomic E-state index is -0.334. The van der Waals surface area contributed by atoms with Crippen molar-refractivity contribution in [2.45, 2.75) is 26.2 Å². The van der Waals surface area contributed by atoms with Crippen molar-refractivity contribution in [2.24, 2.45) is 0 Å². The third-order valence-electron chi connectivity index (χ3n) is 5.15. The molecule has 1 heterocycles. The molecule has 0 unspecified atom stereocenters. The maximum Gasteiger partial charge on any atom is 0.337 e. The number of ether oxygens (including phenoxy) is 1. The summed E-state index contributed by atoms with van der Waals surface area (Å²) in [6, 6.07) is 18.5. The van der Waals surface area contributed by atoms with Crippen LogP contribution >= 0.6 is 15.9 Å². The van der Waals surface area contributed by atoms with Crippen LogP contribution < -0.4 is 0 Å². The summed E-state index contributed by atoms with van der Waals surface area (Å²) in [4.78, 5) is 15.8. The van der Waals surface area contributed by atoms with Crippen LogP contribution in [0.15, 0.2) is 59.1 Å². The summed E-state index contributed by atoms with van der Waals surface area (Å²) in [7, 11) is 1.41. The lowest BCUT2D eigenvalue weighted by Gasteiger charge is -2.19. The smallest absolute Gasteiger partial charge is 0.337 e. The van der Waals surface area contributed by atoms with Crippen molar-refractivity contribution in [2.75, 3.05) is 7.11 Å². The van der Waals surface area contributed by atoms with Gasteiger partial charge in [0.2, 0.25) is 0 Å². The van der Waals surface area contributed by atoms with E-state index in [1.807, 2.05) is 24.3 Å². The first kappa shape index (κ1) is 18.8. The number of nitrogens with one attached hydrogen (secondary N) is 1. The van der Waals surface area contributed by atoms with Crippen LogP contribution in [0.25, 0.3) is 32.9 Å². The number of benzene rings is 3. The van der Waals surface area contributed by atoms with E-state index >= 15 is 0 Å². The number of fused-ring (bicyclic) bond motifs is 3. The molecule has 3 aromatic carbocycles. The van der Waals surface area contributed by atoms with Crippen molar-refractivity contribution in [3.8, 4) is 11.1 Å². The summed E-state index contributed by atoms with van der Waals surface area (Å²) in [6.07, 6.45) is 0. The van der Waals surface area contributed by atoms with E-state index in [2.05, 4.69) is 72.0 Å². The first-order valence-corrected chi connectivity index (χ1v) is 10.0. The van der Waals surface area contributed by atoms with Crippen LogP contribution in [0.4, 0.5) is 0 Å². The molecule has 0 aliphatic carbocycles. The second kappa shape index (κ2) is 6.78. The van der Waals surface area contributed by atoms with Crippen molar-refractivity contribution >= 4 is 43.7 Å². The van der Waals surface area contributed by atoms with E-state index in [0.29, 0.717) is 5.56 Å². The molecular formula is C24H22BrNO2. The quantitative estimate of drug-likeness (QED) is 0.350. The normalized spacial score (nSPS) is 11.9. The molecule has 1 aromatic heterocycles. The van der Waals surface area contributed by atoms with Crippen LogP contribution in [0.1, 0.15) is 36.7 Å². The molecule has 0 saturated heterocycles. The molecule has 3 nitrogen and oxygen atoms in total. The fourth-order valence-electron chi connectivity index (χ4n) is 3.59. The molecule has 0 radical (unpaired) electrons. The number of carbonyl (C=O) groups excluding carboxylic acids is 1. The highest BCUT2D eigenvalue weighted by atomic mass is 79.9. The summed E-state index contributed by atoms with van der Waals surface area (Å²) in [5.41, 5.74) is 6.02. The molecule has 1 N–H and O–H groups in total. The Balaban J connectivity index is 2.00. The molecular weight excluding hydrogens is 414 g/mol. The molecule has 4 heteroatoms. The van der Waals surface area contributed by atoms with Crippen LogP contribution in [0.3, 0.4) is 0 Å². The number of carbonyl (C=O) groups is 1. The maximum absolute atomic E-state index is 12.3. The molecule has 142 valence electrons. The van der Waals surface area contributed by atoms with Gasteiger partial charge in [-0.25, -0.2) is 4.79 Å². The predicted molar refractivity (Wildman–Crippen MR) is 119 cm³/mol. The van der Waals surface area contributed by atoms with Crippen molar-refractivity contribution in [1.82, 2.24) is 4.98 Å². The number of halogens is 1. The lowest BCUT2D eigenvalue weighted by molar-refractivity contribution is 0.0601. The van der Waals surface area contributed by atoms with Gasteiger partial charge in [0.15, 0.2) is 0 Å². The summed E-state index contributed by atoms with van der Waals surface area (Å²) >= 11 is 3.55. The SMILES string of the molecule is COC(=O)c1cc(-c2ccc(C(C)(C)C)cc2)c2[nH]c3ccc(Br)cc3c2c1. The summed E-state index contributed by atoms with van der Waals surface area (Å²) < 4.78 is 5.99. The molecule has 28 heavy (non-hydrogen) atoms. The molecule has 0 saturated carbocycles. The van der Waals surface area contributed by atoms with Gasteiger partial charge in [0, 0.05) is 26.3 Å². The highest BCUT2D eigenvalue weighted by Crippen LogP contribution is 2.36. The fourth-order valence-corrected chi connectivity index (χ4v) is 3.95. The molecule has 0 amide bonds. The second-order valence-electron chi connectivity index (χ2n) is 8.08. The zero-order valence-corrected chi connectivity index (χ0v) is 18.0. The highest BCUT2D eigenvalue weighted by molar-refractivity contribution is 9.10. The number of rotatable bonds is 2. The van der Waals surface area contributed by atoms with E-state index < -0.39 is 0 Å². The average molecular weight is 436 g/mol. The molecule has 4 aromatic rings. The average Bonchev–Trinajstić information content (AvgIpc) is 3.04. The van der Waals surface area contributed by atoms with E-state index in [4.69, 9.17) is 4.74 Å². The Kier molecular flexibility index (Phi) is 4.54. The molecule has 0 aliphatic rings. The van der Waals surface area contributed by atoms with Crippen LogP contribution in [0.5, 0.6) is 0 Å². The summed E-state index contributed by atoms with van der Waals surface area (Å²) in [6.45, 7) is 6.61. The minimum Gasteiger partial charge on any atom is -0.465 e. The lowest BCUT2D eigenvalue weighted by Crippen LogP contribution is -2.10. The van der Waals surface area contributed by atoms with Gasteiger partial charge in [-0.15, -0.1) is 0 Å². The topological polar surface area (TPSA) is 42.1 Å². The van der Waals surface area contributed by atoms with Gasteiger partial charge in [0.1, 0.15) is 0 Å². The van der Waals surface area contributed by atoms with Crippen LogP contribution in [-0.4, -0.2) is 18.1 Å². The first-order valence-electron chi connectivity index (χ1n) is 9.22. The van der Waals surface area contributed by atoms with Crippen molar-refractivity contribution < 1.29 is 9.53 Å². The Bertz CT molecular complexity index is 1200. The highest BCUT2D eigenvalue weighted by Gasteiger charge is 2.17. The molecule has 4 rings (SSSR count). The number of hydrogen-bond donors (Lipinski definition) is 1. The van der Waals surface area contributed by atoms with Gasteiger partial charge in [-0.2, -0.15) is 0 Å². The second-order valence-corrected chi connectivity index (χ2v) is 9.00. The fraction of sp³-hybridized carbons (Fsp3) is 0.208. The Morgan fingerprint density at radius 1 is 0.964 bits per heavy atom. The Labute approximate surface area is 172 Å². The van der Waals surface area contributed by atoms with Crippen LogP contribution in [0, 0.1) is 0 Å². The summed E-state index contributed by atoms with van der Waals surface area (Å²) in [5.74, 6) is -0.334. The van der Waals surface area contributed by atoms with Crippen molar-refractivity contribution in [3.05, 3.63) is 70.2 Å². The van der Waals surface area contributed by atoms with Gasteiger partial charge < -0.3 is 9.72 Å². The van der Waals surface area contributed by atoms with Gasteiger partial charge >= 0.3 is 5.97 Å². The molecule has 0 aliphatic heterocycles. The lowest BCUT2D eigenvalue weighted by atomic mass is 9.86. The van der Waals surface area contributed by atoms with E-state index in [1.165, 1.54) is 12.7 Å². The number of hydrogen-bond acceptors (Lipinski definition) is 2. The number of methoxy groups -OCH3 is 1. The van der Waals surface area contributed by atoms with Gasteiger partial charge in [-0.3, -0.25) is 0 Å². The Morgan fingerprint density at radius 2 is 1.68 bits per heavy atom. The predicted octanol–water partition coefficient (Wildman–Crippen LogP) is 6.83. The molecule has 0 fully saturated rings.